The number of aromatic amines is 1. The van der Waals surface area contributed by atoms with Crippen LogP contribution in [0.3, 0.4) is 0 Å². The summed E-state index contributed by atoms with van der Waals surface area (Å²) in [6.07, 6.45) is -1.30. The second-order valence-corrected chi connectivity index (χ2v) is 3.80. The molecule has 0 fully saturated rings. The molecule has 0 atom stereocenters. The fourth-order valence-corrected chi connectivity index (χ4v) is 1.61. The van der Waals surface area contributed by atoms with E-state index in [4.69, 9.17) is 4.74 Å². The quantitative estimate of drug-likeness (QED) is 0.898. The summed E-state index contributed by atoms with van der Waals surface area (Å²) in [4.78, 5) is 6.74. The SMILES string of the molecule is COc1ccc(NCc2ncc[nH]2)c(C(F)(F)F)c1. The minimum absolute atomic E-state index is 0.00954. The molecule has 2 aromatic rings. The van der Waals surface area contributed by atoms with Crippen molar-refractivity contribution in [1.29, 1.82) is 0 Å². The zero-order valence-corrected chi connectivity index (χ0v) is 10.1. The summed E-state index contributed by atoms with van der Waals surface area (Å²) in [5, 5.41) is 2.70. The van der Waals surface area contributed by atoms with Gasteiger partial charge >= 0.3 is 6.18 Å². The highest BCUT2D eigenvalue weighted by Crippen LogP contribution is 2.37. The molecule has 1 aromatic heterocycles. The molecule has 4 nitrogen and oxygen atoms in total. The van der Waals surface area contributed by atoms with Crippen molar-refractivity contribution in [2.45, 2.75) is 12.7 Å². The van der Waals surface area contributed by atoms with Gasteiger partial charge in [0.05, 0.1) is 19.2 Å². The molecule has 0 aliphatic heterocycles. The number of methoxy groups -OCH3 is 1. The van der Waals surface area contributed by atoms with Crippen LogP contribution < -0.4 is 10.1 Å². The monoisotopic (exact) mass is 271 g/mol. The number of anilines is 1. The normalized spacial score (nSPS) is 11.4. The maximum atomic E-state index is 12.9. The Labute approximate surface area is 107 Å². The maximum absolute atomic E-state index is 12.9. The predicted molar refractivity (Wildman–Crippen MR) is 63.9 cm³/mol. The number of halogens is 3. The third-order valence-corrected chi connectivity index (χ3v) is 2.53. The Morgan fingerprint density at radius 2 is 2.16 bits per heavy atom. The zero-order chi connectivity index (χ0) is 13.9. The third-order valence-electron chi connectivity index (χ3n) is 2.53. The van der Waals surface area contributed by atoms with Gasteiger partial charge in [-0.2, -0.15) is 13.2 Å². The summed E-state index contributed by atoms with van der Waals surface area (Å²) in [5.74, 6) is 0.722. The van der Waals surface area contributed by atoms with E-state index in [9.17, 15) is 13.2 Å². The van der Waals surface area contributed by atoms with Crippen LogP contribution >= 0.6 is 0 Å². The Balaban J connectivity index is 2.23. The number of benzene rings is 1. The van der Waals surface area contributed by atoms with E-state index in [1.54, 1.807) is 6.20 Å². The highest BCUT2D eigenvalue weighted by atomic mass is 19.4. The van der Waals surface area contributed by atoms with E-state index in [1.165, 1.54) is 25.4 Å². The second kappa shape index (κ2) is 5.21. The van der Waals surface area contributed by atoms with Gasteiger partial charge in [0.2, 0.25) is 0 Å². The average molecular weight is 271 g/mol. The van der Waals surface area contributed by atoms with Gasteiger partial charge in [-0.3, -0.25) is 0 Å². The van der Waals surface area contributed by atoms with Gasteiger partial charge in [0, 0.05) is 18.1 Å². The van der Waals surface area contributed by atoms with Crippen LogP contribution in [-0.2, 0) is 12.7 Å². The van der Waals surface area contributed by atoms with Crippen molar-refractivity contribution in [3.8, 4) is 5.75 Å². The number of alkyl halides is 3. The zero-order valence-electron chi connectivity index (χ0n) is 10.1. The summed E-state index contributed by atoms with van der Waals surface area (Å²) in [6.45, 7) is 0.183. The third kappa shape index (κ3) is 3.18. The number of aromatic nitrogens is 2. The summed E-state index contributed by atoms with van der Waals surface area (Å²) >= 11 is 0. The fraction of sp³-hybridized carbons (Fsp3) is 0.250. The van der Waals surface area contributed by atoms with Crippen molar-refractivity contribution in [1.82, 2.24) is 9.97 Å². The van der Waals surface area contributed by atoms with Gasteiger partial charge in [0.15, 0.2) is 0 Å². The first-order valence-electron chi connectivity index (χ1n) is 5.48. The smallest absolute Gasteiger partial charge is 0.418 e. The molecule has 0 radical (unpaired) electrons. The molecular formula is C12H12F3N3O. The van der Waals surface area contributed by atoms with E-state index in [0.717, 1.165) is 6.07 Å². The Bertz CT molecular complexity index is 538. The number of hydrogen-bond acceptors (Lipinski definition) is 3. The Morgan fingerprint density at radius 3 is 2.74 bits per heavy atom. The van der Waals surface area contributed by atoms with E-state index < -0.39 is 11.7 Å². The molecule has 2 N–H and O–H groups in total. The van der Waals surface area contributed by atoms with Crippen molar-refractivity contribution in [2.24, 2.45) is 0 Å². The van der Waals surface area contributed by atoms with Crippen molar-refractivity contribution >= 4 is 5.69 Å². The molecule has 2 rings (SSSR count). The van der Waals surface area contributed by atoms with Gasteiger partial charge in [-0.15, -0.1) is 0 Å². The lowest BCUT2D eigenvalue weighted by Gasteiger charge is -2.15. The second-order valence-electron chi connectivity index (χ2n) is 3.80. The van der Waals surface area contributed by atoms with Crippen LogP contribution in [0, 0.1) is 0 Å². The molecule has 0 bridgehead atoms. The minimum Gasteiger partial charge on any atom is -0.497 e. The van der Waals surface area contributed by atoms with Gasteiger partial charge in [0.25, 0.3) is 0 Å². The summed E-state index contributed by atoms with van der Waals surface area (Å²) < 4.78 is 43.5. The summed E-state index contributed by atoms with van der Waals surface area (Å²) in [5.41, 5.74) is -0.775. The molecular weight excluding hydrogens is 259 g/mol. The van der Waals surface area contributed by atoms with Gasteiger partial charge in [-0.05, 0) is 18.2 Å². The lowest BCUT2D eigenvalue weighted by atomic mass is 10.1. The van der Waals surface area contributed by atoms with Crippen LogP contribution in [0.2, 0.25) is 0 Å². The minimum atomic E-state index is -4.44. The molecule has 0 saturated carbocycles. The number of hydrogen-bond donors (Lipinski definition) is 2. The van der Waals surface area contributed by atoms with Crippen molar-refractivity contribution in [3.05, 3.63) is 42.0 Å². The predicted octanol–water partition coefficient (Wildman–Crippen LogP) is 3.05. The number of nitrogens with zero attached hydrogens (tertiary/aromatic N) is 1. The molecule has 1 heterocycles. The molecule has 0 amide bonds. The molecule has 7 heteroatoms. The van der Waals surface area contributed by atoms with Gasteiger partial charge in [0.1, 0.15) is 11.6 Å². The molecule has 1 aromatic carbocycles. The van der Waals surface area contributed by atoms with Crippen LogP contribution in [0.1, 0.15) is 11.4 Å². The molecule has 0 saturated heterocycles. The molecule has 0 aliphatic rings. The topological polar surface area (TPSA) is 49.9 Å². The first-order valence-corrected chi connectivity index (χ1v) is 5.48. The first kappa shape index (κ1) is 13.3. The van der Waals surface area contributed by atoms with Crippen LogP contribution in [0.5, 0.6) is 5.75 Å². The van der Waals surface area contributed by atoms with Gasteiger partial charge < -0.3 is 15.0 Å². The van der Waals surface area contributed by atoms with E-state index in [0.29, 0.717) is 5.82 Å². The Hall–Kier alpha value is -2.18. The van der Waals surface area contributed by atoms with Crippen LogP contribution in [0.25, 0.3) is 0 Å². The summed E-state index contributed by atoms with van der Waals surface area (Å²) in [7, 11) is 1.32. The molecule has 0 aliphatic carbocycles. The number of nitrogens with one attached hydrogen (secondary N) is 2. The number of rotatable bonds is 4. The largest absolute Gasteiger partial charge is 0.497 e. The van der Waals surface area contributed by atoms with E-state index >= 15 is 0 Å². The molecule has 0 unspecified atom stereocenters. The van der Waals surface area contributed by atoms with Crippen molar-refractivity contribution < 1.29 is 17.9 Å². The lowest BCUT2D eigenvalue weighted by molar-refractivity contribution is -0.137. The van der Waals surface area contributed by atoms with Crippen molar-refractivity contribution in [2.75, 3.05) is 12.4 Å². The summed E-state index contributed by atoms with van der Waals surface area (Å²) in [6, 6.07) is 3.77. The standard InChI is InChI=1S/C12H12F3N3O/c1-19-8-2-3-10(9(6-8)12(13,14)15)18-7-11-16-4-5-17-11/h2-6,18H,7H2,1H3,(H,16,17). The highest BCUT2D eigenvalue weighted by Gasteiger charge is 2.34. The van der Waals surface area contributed by atoms with E-state index in [1.807, 2.05) is 0 Å². The van der Waals surface area contributed by atoms with Crippen molar-refractivity contribution in [3.63, 3.8) is 0 Å². The maximum Gasteiger partial charge on any atom is 0.418 e. The lowest BCUT2D eigenvalue weighted by Crippen LogP contribution is -2.11. The van der Waals surface area contributed by atoms with Crippen LogP contribution in [-0.4, -0.2) is 17.1 Å². The molecule has 0 spiro atoms. The van der Waals surface area contributed by atoms with Gasteiger partial charge in [-0.1, -0.05) is 0 Å². The number of H-pyrrole nitrogens is 1. The average Bonchev–Trinajstić information content (AvgIpc) is 2.88. The first-order chi connectivity index (χ1) is 9.00. The Kier molecular flexibility index (Phi) is 3.64. The molecule has 102 valence electrons. The number of imidazole rings is 1. The molecule has 19 heavy (non-hydrogen) atoms. The van der Waals surface area contributed by atoms with E-state index in [-0.39, 0.29) is 18.0 Å². The van der Waals surface area contributed by atoms with Crippen LogP contribution in [0.4, 0.5) is 18.9 Å². The van der Waals surface area contributed by atoms with E-state index in [2.05, 4.69) is 15.3 Å². The van der Waals surface area contributed by atoms with Crippen LogP contribution in [0.15, 0.2) is 30.6 Å². The fourth-order valence-electron chi connectivity index (χ4n) is 1.61. The van der Waals surface area contributed by atoms with Gasteiger partial charge in [-0.25, -0.2) is 4.98 Å². The highest BCUT2D eigenvalue weighted by molar-refractivity contribution is 5.55. The Morgan fingerprint density at radius 1 is 1.37 bits per heavy atom. The number of ether oxygens (including phenoxy) is 1.